The first-order chi connectivity index (χ1) is 20.4. The van der Waals surface area contributed by atoms with Crippen LogP contribution in [0.4, 0.5) is 0 Å². The number of esters is 2. The molecule has 42 heavy (non-hydrogen) atoms. The number of ketones is 2. The third kappa shape index (κ3) is 8.55. The molecule has 4 rings (SSSR count). The van der Waals surface area contributed by atoms with Crippen LogP contribution in [0.2, 0.25) is 0 Å². The Kier molecular flexibility index (Phi) is 10.4. The van der Waals surface area contributed by atoms with E-state index in [4.69, 9.17) is 14.2 Å². The van der Waals surface area contributed by atoms with Gasteiger partial charge in [-0.25, -0.2) is 9.59 Å². The van der Waals surface area contributed by atoms with Gasteiger partial charge in [-0.05, 0) is 71.8 Å². The van der Waals surface area contributed by atoms with Crippen LogP contribution >= 0.6 is 0 Å². The first-order valence-corrected chi connectivity index (χ1v) is 13.1. The summed E-state index contributed by atoms with van der Waals surface area (Å²) in [5.41, 5.74) is 3.28. The zero-order valence-corrected chi connectivity index (χ0v) is 22.9. The molecule has 0 atom stereocenters. The number of carbonyl (C=O) groups excluding carboxylic acids is 4. The first kappa shape index (κ1) is 29.6. The summed E-state index contributed by atoms with van der Waals surface area (Å²) in [6, 6.07) is 28.6. The van der Waals surface area contributed by atoms with E-state index in [0.29, 0.717) is 34.6 Å². The van der Waals surface area contributed by atoms with E-state index in [9.17, 15) is 19.2 Å². The van der Waals surface area contributed by atoms with Crippen molar-refractivity contribution in [2.24, 2.45) is 0 Å². The summed E-state index contributed by atoms with van der Waals surface area (Å²) in [6.45, 7) is 0.499. The number of benzene rings is 4. The summed E-state index contributed by atoms with van der Waals surface area (Å²) in [4.78, 5) is 49.4. The van der Waals surface area contributed by atoms with Gasteiger partial charge >= 0.3 is 11.9 Å². The zero-order chi connectivity index (χ0) is 29.7. The lowest BCUT2D eigenvalue weighted by Crippen LogP contribution is -2.09. The third-order valence-corrected chi connectivity index (χ3v) is 6.08. The smallest absolute Gasteiger partial charge is 0.343 e. The van der Waals surface area contributed by atoms with Crippen LogP contribution in [0.3, 0.4) is 0 Å². The van der Waals surface area contributed by atoms with E-state index in [1.54, 1.807) is 109 Å². The van der Waals surface area contributed by atoms with Crippen molar-refractivity contribution in [1.82, 2.24) is 0 Å². The van der Waals surface area contributed by atoms with E-state index < -0.39 is 11.9 Å². The maximum Gasteiger partial charge on any atom is 0.343 e. The fourth-order valence-electron chi connectivity index (χ4n) is 3.75. The first-order valence-electron chi connectivity index (χ1n) is 13.1. The molecule has 0 saturated carbocycles. The zero-order valence-electron chi connectivity index (χ0n) is 22.9. The molecule has 4 aromatic rings. The number of methoxy groups -OCH3 is 1. The van der Waals surface area contributed by atoms with E-state index in [0.717, 1.165) is 11.1 Å². The molecular weight excluding hydrogens is 532 g/mol. The van der Waals surface area contributed by atoms with Gasteiger partial charge in [0.1, 0.15) is 12.4 Å². The molecule has 0 unspecified atom stereocenters. The van der Waals surface area contributed by atoms with Crippen LogP contribution in [-0.2, 0) is 9.47 Å². The van der Waals surface area contributed by atoms with Crippen LogP contribution in [0.1, 0.15) is 52.6 Å². The number of rotatable bonds is 12. The van der Waals surface area contributed by atoms with Crippen molar-refractivity contribution in [1.29, 1.82) is 0 Å². The molecule has 0 spiro atoms. The van der Waals surface area contributed by atoms with Gasteiger partial charge in [-0.15, -0.1) is 0 Å². The summed E-state index contributed by atoms with van der Waals surface area (Å²) < 4.78 is 15.4. The molecule has 210 valence electrons. The molecule has 7 nitrogen and oxygen atoms in total. The van der Waals surface area contributed by atoms with Gasteiger partial charge in [0.05, 0.1) is 17.7 Å². The SMILES string of the molecule is COCCOC(=O)c1ccc(/C=C/C(=O)c2ccc(OC(=O)c3ccc(/C=C/C(=O)c4ccccc4)cc3)cc2)cc1. The second-order valence-corrected chi connectivity index (χ2v) is 9.05. The fourth-order valence-corrected chi connectivity index (χ4v) is 3.75. The van der Waals surface area contributed by atoms with E-state index in [-0.39, 0.29) is 18.2 Å². The molecule has 0 saturated heterocycles. The summed E-state index contributed by atoms with van der Waals surface area (Å²) in [5, 5.41) is 0. The highest BCUT2D eigenvalue weighted by Crippen LogP contribution is 2.17. The van der Waals surface area contributed by atoms with Crippen LogP contribution < -0.4 is 4.74 Å². The van der Waals surface area contributed by atoms with Crippen molar-refractivity contribution < 1.29 is 33.4 Å². The van der Waals surface area contributed by atoms with Crippen molar-refractivity contribution in [2.75, 3.05) is 20.3 Å². The lowest BCUT2D eigenvalue weighted by atomic mass is 10.1. The molecule has 0 fully saturated rings. The minimum atomic E-state index is -0.545. The maximum absolute atomic E-state index is 12.6. The molecule has 7 heteroatoms. The summed E-state index contributed by atoms with van der Waals surface area (Å²) in [7, 11) is 1.53. The third-order valence-electron chi connectivity index (χ3n) is 6.08. The van der Waals surface area contributed by atoms with Gasteiger partial charge in [0.15, 0.2) is 11.6 Å². The topological polar surface area (TPSA) is 96.0 Å². The molecule has 0 heterocycles. The lowest BCUT2D eigenvalue weighted by Gasteiger charge is -2.05. The minimum absolute atomic E-state index is 0.108. The van der Waals surface area contributed by atoms with E-state index >= 15 is 0 Å². The van der Waals surface area contributed by atoms with Gasteiger partial charge in [-0.2, -0.15) is 0 Å². The number of allylic oxidation sites excluding steroid dienone is 2. The Morgan fingerprint density at radius 3 is 1.55 bits per heavy atom. The van der Waals surface area contributed by atoms with Crippen LogP contribution in [0, 0.1) is 0 Å². The predicted octanol–water partition coefficient (Wildman–Crippen LogP) is 6.50. The number of hydrogen-bond acceptors (Lipinski definition) is 7. The van der Waals surface area contributed by atoms with Gasteiger partial charge in [0, 0.05) is 18.2 Å². The molecular formula is C35H28O7. The molecule has 0 radical (unpaired) electrons. The predicted molar refractivity (Wildman–Crippen MR) is 160 cm³/mol. The normalized spacial score (nSPS) is 11.0. The second kappa shape index (κ2) is 14.8. The fraction of sp³-hybridized carbons (Fsp3) is 0.0857. The van der Waals surface area contributed by atoms with E-state index in [2.05, 4.69) is 0 Å². The average Bonchev–Trinajstić information content (AvgIpc) is 3.03. The standard InChI is InChI=1S/C35H28O7/c1-40-23-24-41-34(38)29-13-7-25(8-14-29)12-22-33(37)28-17-19-31(20-18-28)42-35(39)30-15-9-26(10-16-30)11-21-32(36)27-5-3-2-4-6-27/h2-22H,23-24H2,1H3/b21-11+,22-12+. The Balaban J connectivity index is 1.28. The van der Waals surface area contributed by atoms with Crippen molar-refractivity contribution >= 4 is 35.7 Å². The molecule has 0 N–H and O–H groups in total. The molecule has 4 aromatic carbocycles. The van der Waals surface area contributed by atoms with E-state index in [1.165, 1.54) is 19.3 Å². The Morgan fingerprint density at radius 2 is 1.02 bits per heavy atom. The Morgan fingerprint density at radius 1 is 0.548 bits per heavy atom. The van der Waals surface area contributed by atoms with Crippen LogP contribution in [0.15, 0.2) is 115 Å². The van der Waals surface area contributed by atoms with Crippen LogP contribution in [0.5, 0.6) is 5.75 Å². The van der Waals surface area contributed by atoms with Gasteiger partial charge < -0.3 is 14.2 Å². The molecule has 0 aromatic heterocycles. The van der Waals surface area contributed by atoms with E-state index in [1.807, 2.05) is 6.07 Å². The van der Waals surface area contributed by atoms with Gasteiger partial charge in [0.2, 0.25) is 0 Å². The molecule has 0 amide bonds. The number of carbonyl (C=O) groups is 4. The van der Waals surface area contributed by atoms with Gasteiger partial charge in [0.25, 0.3) is 0 Å². The highest BCUT2D eigenvalue weighted by Gasteiger charge is 2.10. The number of hydrogen-bond donors (Lipinski definition) is 0. The van der Waals surface area contributed by atoms with Crippen LogP contribution in [-0.4, -0.2) is 43.8 Å². The summed E-state index contributed by atoms with van der Waals surface area (Å²) >= 11 is 0. The Hall–Kier alpha value is -5.40. The molecule has 0 bridgehead atoms. The van der Waals surface area contributed by atoms with Crippen molar-refractivity contribution in [3.8, 4) is 5.75 Å². The highest BCUT2D eigenvalue weighted by molar-refractivity contribution is 6.07. The monoisotopic (exact) mass is 560 g/mol. The maximum atomic E-state index is 12.6. The summed E-state index contributed by atoms with van der Waals surface area (Å²) in [6.07, 6.45) is 6.25. The second-order valence-electron chi connectivity index (χ2n) is 9.05. The molecule has 0 aliphatic carbocycles. The van der Waals surface area contributed by atoms with Crippen molar-refractivity contribution in [2.45, 2.75) is 0 Å². The minimum Gasteiger partial charge on any atom is -0.460 e. The molecule has 0 aliphatic heterocycles. The van der Waals surface area contributed by atoms with Crippen molar-refractivity contribution in [3.05, 3.63) is 149 Å². The average molecular weight is 561 g/mol. The Bertz CT molecular complexity index is 1580. The largest absolute Gasteiger partial charge is 0.460 e. The van der Waals surface area contributed by atoms with Gasteiger partial charge in [-0.1, -0.05) is 66.7 Å². The highest BCUT2D eigenvalue weighted by atomic mass is 16.6. The van der Waals surface area contributed by atoms with Crippen LogP contribution in [0.25, 0.3) is 12.2 Å². The quantitative estimate of drug-likeness (QED) is 0.0641. The van der Waals surface area contributed by atoms with Crippen molar-refractivity contribution in [3.63, 3.8) is 0 Å². The lowest BCUT2D eigenvalue weighted by molar-refractivity contribution is 0.0387. The number of ether oxygens (including phenoxy) is 3. The molecule has 0 aliphatic rings. The Labute approximate surface area is 243 Å². The summed E-state index contributed by atoms with van der Waals surface area (Å²) in [5.74, 6) is -1.03. The van der Waals surface area contributed by atoms with Gasteiger partial charge in [-0.3, -0.25) is 9.59 Å².